The van der Waals surface area contributed by atoms with Crippen LogP contribution in [0.15, 0.2) is 23.1 Å². The zero-order valence-electron chi connectivity index (χ0n) is 11.3. The first-order valence-electron chi connectivity index (χ1n) is 6.24. The van der Waals surface area contributed by atoms with Crippen LogP contribution in [0.2, 0.25) is 0 Å². The summed E-state index contributed by atoms with van der Waals surface area (Å²) in [6, 6.07) is 5.79. The van der Waals surface area contributed by atoms with Crippen molar-refractivity contribution in [2.24, 2.45) is 11.7 Å². The Labute approximate surface area is 114 Å². The average Bonchev–Trinajstić information content (AvgIpc) is 2.35. The quantitative estimate of drug-likeness (QED) is 0.451. The summed E-state index contributed by atoms with van der Waals surface area (Å²) in [5, 5.41) is 7.67. The van der Waals surface area contributed by atoms with Gasteiger partial charge in [-0.3, -0.25) is 5.41 Å². The molecule has 3 N–H and O–H groups in total. The van der Waals surface area contributed by atoms with Crippen LogP contribution in [0.4, 0.5) is 0 Å². The molecule has 0 radical (unpaired) electrons. The lowest BCUT2D eigenvalue weighted by molar-refractivity contribution is 0.250. The molecule has 0 saturated heterocycles. The Hall–Kier alpha value is -1.16. The Morgan fingerprint density at radius 1 is 1.50 bits per heavy atom. The molecule has 4 heteroatoms. The van der Waals surface area contributed by atoms with Gasteiger partial charge in [0.05, 0.1) is 12.2 Å². The van der Waals surface area contributed by atoms with Crippen molar-refractivity contribution in [1.29, 1.82) is 5.41 Å². The van der Waals surface area contributed by atoms with Gasteiger partial charge < -0.3 is 10.5 Å². The molecule has 100 valence electrons. The van der Waals surface area contributed by atoms with Gasteiger partial charge in [0.25, 0.3) is 0 Å². The van der Waals surface area contributed by atoms with E-state index >= 15 is 0 Å². The second kappa shape index (κ2) is 7.31. The predicted molar refractivity (Wildman–Crippen MR) is 78.8 cm³/mol. The molecule has 1 aromatic carbocycles. The first-order valence-corrected chi connectivity index (χ1v) is 7.46. The van der Waals surface area contributed by atoms with E-state index in [-0.39, 0.29) is 5.84 Å². The van der Waals surface area contributed by atoms with Crippen LogP contribution in [0.1, 0.15) is 32.3 Å². The van der Waals surface area contributed by atoms with Crippen molar-refractivity contribution in [1.82, 2.24) is 0 Å². The summed E-state index contributed by atoms with van der Waals surface area (Å²) >= 11 is 1.58. The van der Waals surface area contributed by atoms with Crippen molar-refractivity contribution >= 4 is 17.6 Å². The molecule has 0 aromatic heterocycles. The van der Waals surface area contributed by atoms with E-state index in [4.69, 9.17) is 15.9 Å². The van der Waals surface area contributed by atoms with Crippen molar-refractivity contribution in [3.05, 3.63) is 23.8 Å². The van der Waals surface area contributed by atoms with Crippen molar-refractivity contribution in [3.63, 3.8) is 0 Å². The summed E-state index contributed by atoms with van der Waals surface area (Å²) in [4.78, 5) is 0.989. The van der Waals surface area contributed by atoms with Crippen LogP contribution in [-0.4, -0.2) is 18.7 Å². The molecule has 0 aliphatic heterocycles. The maximum absolute atomic E-state index is 7.67. The topological polar surface area (TPSA) is 59.1 Å². The highest BCUT2D eigenvalue weighted by Crippen LogP contribution is 2.28. The summed E-state index contributed by atoms with van der Waals surface area (Å²) in [6.07, 6.45) is 4.29. The number of thioether (sulfide) groups is 1. The van der Waals surface area contributed by atoms with Crippen LogP contribution in [-0.2, 0) is 0 Å². The highest BCUT2D eigenvalue weighted by atomic mass is 32.2. The summed E-state index contributed by atoms with van der Waals surface area (Å²) in [6.45, 7) is 5.02. The number of rotatable bonds is 7. The first-order chi connectivity index (χ1) is 8.60. The molecule has 1 unspecified atom stereocenters. The second-order valence-corrected chi connectivity index (χ2v) is 5.30. The lowest BCUT2D eigenvalue weighted by Gasteiger charge is -2.16. The number of nitrogens with two attached hydrogens (primary N) is 1. The molecule has 0 spiro atoms. The van der Waals surface area contributed by atoms with Crippen LogP contribution in [0.5, 0.6) is 5.75 Å². The molecular weight excluding hydrogens is 244 g/mol. The minimum atomic E-state index is 0.0677. The molecular formula is C14H22N2OS. The van der Waals surface area contributed by atoms with Gasteiger partial charge in [0.15, 0.2) is 0 Å². The van der Waals surface area contributed by atoms with E-state index in [1.54, 1.807) is 11.8 Å². The van der Waals surface area contributed by atoms with Crippen LogP contribution < -0.4 is 10.5 Å². The van der Waals surface area contributed by atoms with Crippen LogP contribution in [0, 0.1) is 11.3 Å². The van der Waals surface area contributed by atoms with Gasteiger partial charge in [0.1, 0.15) is 11.6 Å². The van der Waals surface area contributed by atoms with E-state index in [0.29, 0.717) is 18.1 Å². The zero-order valence-corrected chi connectivity index (χ0v) is 12.1. The third-order valence-electron chi connectivity index (χ3n) is 2.78. The van der Waals surface area contributed by atoms with Crippen molar-refractivity contribution in [2.45, 2.75) is 31.6 Å². The molecule has 0 aliphatic carbocycles. The molecule has 0 amide bonds. The molecule has 0 bridgehead atoms. The van der Waals surface area contributed by atoms with Gasteiger partial charge in [-0.1, -0.05) is 26.3 Å². The molecule has 0 saturated carbocycles. The summed E-state index contributed by atoms with van der Waals surface area (Å²) in [5.41, 5.74) is 6.36. The number of nitrogens with one attached hydrogen (secondary N) is 1. The van der Waals surface area contributed by atoms with E-state index in [0.717, 1.165) is 23.5 Å². The Bertz CT molecular complexity index is 407. The predicted octanol–water partition coefficient (Wildman–Crippen LogP) is 3.51. The standard InChI is InChI=1S/C14H22N2OS/c1-4-6-10(2)9-17-11-7-5-8-12(18-3)13(11)14(15)16/h5,7-8,10H,4,6,9H2,1-3H3,(H3,15,16). The zero-order chi connectivity index (χ0) is 13.5. The van der Waals surface area contributed by atoms with E-state index < -0.39 is 0 Å². The minimum Gasteiger partial charge on any atom is -0.493 e. The molecule has 1 aromatic rings. The number of nitrogen functional groups attached to an aromatic ring is 1. The summed E-state index contributed by atoms with van der Waals surface area (Å²) < 4.78 is 5.82. The smallest absolute Gasteiger partial charge is 0.131 e. The van der Waals surface area contributed by atoms with E-state index in [2.05, 4.69) is 13.8 Å². The molecule has 18 heavy (non-hydrogen) atoms. The van der Waals surface area contributed by atoms with E-state index in [1.807, 2.05) is 24.5 Å². The fraction of sp³-hybridized carbons (Fsp3) is 0.500. The van der Waals surface area contributed by atoms with Crippen molar-refractivity contribution < 1.29 is 4.74 Å². The van der Waals surface area contributed by atoms with Crippen LogP contribution in [0.25, 0.3) is 0 Å². The summed E-state index contributed by atoms with van der Waals surface area (Å²) in [7, 11) is 0. The SMILES string of the molecule is CCCC(C)COc1cccc(SC)c1C(=N)N. The number of amidine groups is 1. The Balaban J connectivity index is 2.85. The highest BCUT2D eigenvalue weighted by molar-refractivity contribution is 7.98. The minimum absolute atomic E-state index is 0.0677. The average molecular weight is 266 g/mol. The number of benzene rings is 1. The van der Waals surface area contributed by atoms with Gasteiger partial charge in [0.2, 0.25) is 0 Å². The fourth-order valence-electron chi connectivity index (χ4n) is 1.88. The number of ether oxygens (including phenoxy) is 1. The molecule has 1 rings (SSSR count). The first kappa shape index (κ1) is 14.9. The summed E-state index contributed by atoms with van der Waals surface area (Å²) in [5.74, 6) is 1.31. The van der Waals surface area contributed by atoms with Gasteiger partial charge in [-0.15, -0.1) is 11.8 Å². The van der Waals surface area contributed by atoms with Crippen molar-refractivity contribution in [3.8, 4) is 5.75 Å². The third-order valence-corrected chi connectivity index (χ3v) is 3.56. The van der Waals surface area contributed by atoms with Crippen LogP contribution in [0.3, 0.4) is 0 Å². The maximum Gasteiger partial charge on any atom is 0.131 e. The molecule has 0 aliphatic rings. The monoisotopic (exact) mass is 266 g/mol. The van der Waals surface area contributed by atoms with Crippen molar-refractivity contribution in [2.75, 3.05) is 12.9 Å². The Morgan fingerprint density at radius 3 is 2.78 bits per heavy atom. The normalized spacial score (nSPS) is 12.2. The van der Waals surface area contributed by atoms with Crippen LogP contribution >= 0.6 is 11.8 Å². The molecule has 3 nitrogen and oxygen atoms in total. The lowest BCUT2D eigenvalue weighted by atomic mass is 10.1. The molecule has 1 atom stereocenters. The highest BCUT2D eigenvalue weighted by Gasteiger charge is 2.12. The largest absolute Gasteiger partial charge is 0.493 e. The van der Waals surface area contributed by atoms with Gasteiger partial charge in [-0.05, 0) is 30.7 Å². The van der Waals surface area contributed by atoms with Gasteiger partial charge in [0, 0.05) is 4.90 Å². The number of hydrogen-bond donors (Lipinski definition) is 2. The third kappa shape index (κ3) is 3.95. The maximum atomic E-state index is 7.67. The Kier molecular flexibility index (Phi) is 6.05. The fourth-order valence-corrected chi connectivity index (χ4v) is 2.50. The van der Waals surface area contributed by atoms with Gasteiger partial charge >= 0.3 is 0 Å². The van der Waals surface area contributed by atoms with E-state index in [1.165, 1.54) is 0 Å². The number of hydrogen-bond acceptors (Lipinski definition) is 3. The van der Waals surface area contributed by atoms with Gasteiger partial charge in [-0.2, -0.15) is 0 Å². The molecule has 0 heterocycles. The lowest BCUT2D eigenvalue weighted by Crippen LogP contribution is -2.16. The van der Waals surface area contributed by atoms with E-state index in [9.17, 15) is 0 Å². The molecule has 0 fully saturated rings. The van der Waals surface area contributed by atoms with Gasteiger partial charge in [-0.25, -0.2) is 0 Å². The second-order valence-electron chi connectivity index (χ2n) is 4.45. The Morgan fingerprint density at radius 2 is 2.22 bits per heavy atom.